The number of alkyl halides is 3. The third-order valence-corrected chi connectivity index (χ3v) is 22.2. The molecule has 0 saturated heterocycles. The molecule has 7 aromatic rings. The Labute approximate surface area is 714 Å². The zero-order chi connectivity index (χ0) is 90.9. The van der Waals surface area contributed by atoms with Gasteiger partial charge in [0.15, 0.2) is 24.9 Å². The molecule has 1 saturated carbocycles. The lowest BCUT2D eigenvalue weighted by molar-refractivity contribution is -0.384. The summed E-state index contributed by atoms with van der Waals surface area (Å²) in [6.45, 7) is 69.6. The molecule has 7 aromatic carbocycles. The number of amides is 5. The first-order valence-electron chi connectivity index (χ1n) is 41.8. The molecule has 0 radical (unpaired) electrons. The van der Waals surface area contributed by atoms with Crippen LogP contribution in [0.15, 0.2) is 109 Å². The van der Waals surface area contributed by atoms with Crippen molar-refractivity contribution >= 4 is 96.2 Å². The van der Waals surface area contributed by atoms with E-state index in [1.54, 1.807) is 33.7 Å². The zero-order valence-electron chi connectivity index (χ0n) is 77.2. The van der Waals surface area contributed by atoms with Gasteiger partial charge in [0, 0.05) is 94.3 Å². The summed E-state index contributed by atoms with van der Waals surface area (Å²) in [6, 6.07) is 31.6. The molecule has 0 unspecified atom stereocenters. The van der Waals surface area contributed by atoms with Gasteiger partial charge < -0.3 is 23.7 Å². The highest BCUT2D eigenvalue weighted by Gasteiger charge is 2.48. The average Bonchev–Trinajstić information content (AvgIpc) is 1.58. The fraction of sp³-hybridized carbons (Fsp3) is 0.480. The van der Waals surface area contributed by atoms with Crippen molar-refractivity contribution in [1.82, 2.24) is 0 Å². The molecule has 1 aliphatic carbocycles. The molecule has 0 bridgehead atoms. The second-order valence-electron chi connectivity index (χ2n) is 42.6. The van der Waals surface area contributed by atoms with Crippen LogP contribution < -0.4 is 23.7 Å². The smallest absolute Gasteiger partial charge is 0.365 e. The lowest BCUT2D eigenvalue weighted by Gasteiger charge is -2.25. The van der Waals surface area contributed by atoms with Crippen molar-refractivity contribution < 1.29 is 88.6 Å². The van der Waals surface area contributed by atoms with Crippen LogP contribution in [0, 0.1) is 16.0 Å². The minimum atomic E-state index is -4.40. The molecule has 0 aromatic heterocycles. The standard InChI is InChI=1S/C23H25F3NO2.C22H25N2O4.C22H32NO2.C17H24NO2.C16H22NO2/c1-21(2,3)16-11-17(22(4,5)6)19-18(12-16)27(20(28)29-19)13-14-7-9-15(10-8-14)23(24,25)26;1-21(2,3)15-11-17(22(4,5)6)19-18(12-15)23(20(25)28-19)13-14-7-9-16(10-8-14)24(26)27;1-21(2,3)16-12-17(22(4,5)6)19-18(13-16)23(20(24)25-19)14-15-10-8-7-9-11-15;1-8-18-13-10-11(16(2,3)4)9-12(17(5,6)7)14(13)20-15(18)19;1-15(2,3)10-8-11(16(4,5)6)13-12(9-10)17(7)14(18)19-13/h7-13H,1-6H3;7-13H,1-6H3;12-15H,7-11H2,1-6H3;8-10H,1-7H3;8-9H,7H2,1-6H3/q5*+1/b27-13+;23-13+;23-14+;18-8+;. The summed E-state index contributed by atoms with van der Waals surface area (Å²) in [5, 5.41) is 10.8. The SMILES string of the molecule is C/C=[N+]1/C(=O)Oc2c1cc(C(C)(C)C)cc2C(C)(C)C.C=[N+]1C(=O)Oc2c1cc(C(C)(C)C)cc2C(C)(C)C.CC(C)(C)c1cc2c(c(C(C)(C)C)c1)OC(=O)/[N+]2=C/C1CCCCC1.CC(C)(C)c1cc2c(c(C(C)(C)C)c1)OC(=O)/[N+]2=C/c1ccc(C(F)(F)F)cc1.CC(C)(C)c1cc2c(c(C(C)(C)C)c1)OC(=O)/[N+]2=C/c1ccc([N+](=O)[O-])cc1. The molecule has 18 nitrogen and oxygen atoms in total. The number of carbonyl (C=O) groups excluding carboxylic acids is 5. The maximum absolute atomic E-state index is 12.8. The van der Waals surface area contributed by atoms with Crippen molar-refractivity contribution in [2.45, 2.75) is 307 Å². The molecule has 121 heavy (non-hydrogen) atoms. The van der Waals surface area contributed by atoms with Gasteiger partial charge in [0.05, 0.1) is 10.5 Å². The summed E-state index contributed by atoms with van der Waals surface area (Å²) < 4.78 is 73.7. The van der Waals surface area contributed by atoms with Gasteiger partial charge in [-0.05, 0) is 131 Å². The van der Waals surface area contributed by atoms with Gasteiger partial charge >= 0.3 is 36.6 Å². The highest BCUT2D eigenvalue weighted by molar-refractivity contribution is 5.89. The predicted octanol–water partition coefficient (Wildman–Crippen LogP) is 26.8. The van der Waals surface area contributed by atoms with E-state index in [1.165, 1.54) is 93.0 Å². The van der Waals surface area contributed by atoms with Crippen LogP contribution in [0.5, 0.6) is 28.7 Å². The first kappa shape index (κ1) is 94.3. The minimum absolute atomic E-state index is 0.00610. The largest absolute Gasteiger partial charge is 0.608 e. The number of non-ortho nitro benzene ring substituents is 1. The molecular weight excluding hydrogens is 1530 g/mol. The normalized spacial score (nSPS) is 17.0. The Balaban J connectivity index is 0.000000173. The Kier molecular flexibility index (Phi) is 26.2. The van der Waals surface area contributed by atoms with Gasteiger partial charge in [-0.15, -0.1) is 0 Å². The third kappa shape index (κ3) is 21.7. The van der Waals surface area contributed by atoms with Gasteiger partial charge in [0.1, 0.15) is 6.72 Å². The van der Waals surface area contributed by atoms with E-state index in [0.29, 0.717) is 51.4 Å². The van der Waals surface area contributed by atoms with E-state index in [0.717, 1.165) is 73.9 Å². The Morgan fingerprint density at radius 2 is 0.603 bits per heavy atom. The fourth-order valence-electron chi connectivity index (χ4n) is 14.5. The maximum Gasteiger partial charge on any atom is 0.608 e. The van der Waals surface area contributed by atoms with Crippen molar-refractivity contribution in [3.63, 3.8) is 0 Å². The predicted molar refractivity (Wildman–Crippen MR) is 475 cm³/mol. The number of fused-ring (bicyclic) bond motifs is 5. The number of benzene rings is 7. The number of carbonyl (C=O) groups is 5. The quantitative estimate of drug-likeness (QED) is 0.0922. The number of rotatable bonds is 4. The van der Waals surface area contributed by atoms with Crippen LogP contribution in [-0.4, -0.2) is 89.8 Å². The third-order valence-electron chi connectivity index (χ3n) is 22.2. The van der Waals surface area contributed by atoms with E-state index in [2.05, 4.69) is 242 Å². The van der Waals surface area contributed by atoms with Crippen molar-refractivity contribution in [2.24, 2.45) is 5.92 Å². The van der Waals surface area contributed by atoms with Crippen molar-refractivity contribution in [1.29, 1.82) is 0 Å². The monoisotopic (exact) mass is 1660 g/mol. The van der Waals surface area contributed by atoms with Crippen LogP contribution in [0.2, 0.25) is 0 Å². The number of hydrogen-bond acceptors (Lipinski definition) is 12. The van der Waals surface area contributed by atoms with Gasteiger partial charge in [0.2, 0.25) is 28.7 Å². The first-order chi connectivity index (χ1) is 55.2. The van der Waals surface area contributed by atoms with Gasteiger partial charge in [0.25, 0.3) is 34.1 Å². The lowest BCUT2D eigenvalue weighted by Crippen LogP contribution is -2.20. The van der Waals surface area contributed by atoms with E-state index in [9.17, 15) is 47.3 Å². The number of nitro benzene ring substituents is 1. The Morgan fingerprint density at radius 1 is 0.347 bits per heavy atom. The first-order valence-corrected chi connectivity index (χ1v) is 41.8. The highest BCUT2D eigenvalue weighted by atomic mass is 19.4. The number of hydrogen-bond donors (Lipinski definition) is 0. The average molecular weight is 1660 g/mol. The summed E-state index contributed by atoms with van der Waals surface area (Å²) in [4.78, 5) is 71.9. The number of nitro groups is 1. The minimum Gasteiger partial charge on any atom is -0.365 e. The van der Waals surface area contributed by atoms with Crippen LogP contribution in [0.25, 0.3) is 0 Å². The van der Waals surface area contributed by atoms with Crippen LogP contribution in [0.1, 0.15) is 319 Å². The van der Waals surface area contributed by atoms with Crippen molar-refractivity contribution in [3.05, 3.63) is 192 Å². The fourth-order valence-corrected chi connectivity index (χ4v) is 14.5. The topological polar surface area (TPSA) is 190 Å². The summed E-state index contributed by atoms with van der Waals surface area (Å²) in [7, 11) is 0. The summed E-state index contributed by atoms with van der Waals surface area (Å²) in [6.07, 6.45) is 6.76. The Bertz CT molecular complexity index is 5410. The second-order valence-corrected chi connectivity index (χ2v) is 42.6. The Hall–Kier alpha value is -10.6. The molecule has 0 N–H and O–H groups in total. The van der Waals surface area contributed by atoms with Crippen LogP contribution in [0.4, 0.5) is 71.3 Å². The molecular formula is C100H128F3N6O12+5. The molecule has 0 spiro atoms. The second kappa shape index (κ2) is 33.7. The zero-order valence-corrected chi connectivity index (χ0v) is 77.2. The molecule has 5 heterocycles. The lowest BCUT2D eigenvalue weighted by atomic mass is 9.79. The molecule has 646 valence electrons. The van der Waals surface area contributed by atoms with Crippen LogP contribution in [0.3, 0.4) is 0 Å². The van der Waals surface area contributed by atoms with Crippen LogP contribution >= 0.6 is 0 Å². The van der Waals surface area contributed by atoms with E-state index >= 15 is 0 Å². The van der Waals surface area contributed by atoms with Crippen molar-refractivity contribution in [3.8, 4) is 28.7 Å². The molecule has 1 fully saturated rings. The summed E-state index contributed by atoms with van der Waals surface area (Å²) in [5.74, 6) is 3.65. The van der Waals surface area contributed by atoms with E-state index in [-0.39, 0.29) is 72.0 Å². The van der Waals surface area contributed by atoms with Gasteiger partial charge in [-0.1, -0.05) is 280 Å². The van der Waals surface area contributed by atoms with Crippen molar-refractivity contribution in [2.75, 3.05) is 0 Å². The van der Waals surface area contributed by atoms with E-state index in [4.69, 9.17) is 23.7 Å². The van der Waals surface area contributed by atoms with Gasteiger partial charge in [-0.2, -0.15) is 37.1 Å². The maximum atomic E-state index is 12.8. The van der Waals surface area contributed by atoms with E-state index in [1.807, 2.05) is 45.9 Å². The highest BCUT2D eigenvalue weighted by Crippen LogP contribution is 2.52. The number of nitrogens with zero attached hydrogens (tertiary/aromatic N) is 6. The van der Waals surface area contributed by atoms with Gasteiger partial charge in [-0.3, -0.25) is 10.1 Å². The summed E-state index contributed by atoms with van der Waals surface area (Å²) >= 11 is 0. The van der Waals surface area contributed by atoms with Crippen LogP contribution in [-0.2, 0) is 60.3 Å². The molecule has 6 aliphatic rings. The summed E-state index contributed by atoms with van der Waals surface area (Å²) in [5.41, 5.74) is 14.3. The Morgan fingerprint density at radius 3 is 0.884 bits per heavy atom. The molecule has 5 aliphatic heterocycles. The van der Waals surface area contributed by atoms with E-state index < -0.39 is 34.9 Å². The molecule has 13 rings (SSSR count). The molecule has 0 atom stereocenters. The van der Waals surface area contributed by atoms with Gasteiger partial charge in [-0.25, -0.2) is 0 Å². The number of halogens is 3. The molecule has 5 amide bonds. The molecule has 21 heteroatoms. The number of ether oxygens (including phenoxy) is 5.